The number of anilines is 1. The third-order valence-electron chi connectivity index (χ3n) is 1.88. The summed E-state index contributed by atoms with van der Waals surface area (Å²) < 4.78 is 62.2. The molecule has 0 spiro atoms. The Balaban J connectivity index is 3.30. The normalized spacial score (nSPS) is 11.3. The van der Waals surface area contributed by atoms with Crippen LogP contribution in [-0.4, -0.2) is 23.2 Å². The summed E-state index contributed by atoms with van der Waals surface area (Å²) in [6.07, 6.45) is -5.34. The molecule has 1 rings (SSSR count). The van der Waals surface area contributed by atoms with Gasteiger partial charge in [0, 0.05) is 0 Å². The first-order valence-corrected chi connectivity index (χ1v) is 4.72. The fraction of sp³-hybridized carbons (Fsp3) is 0.111. The van der Waals surface area contributed by atoms with Crippen LogP contribution in [0.5, 0.6) is 0 Å². The molecule has 0 fully saturated rings. The highest BCUT2D eigenvalue weighted by Crippen LogP contribution is 2.29. The minimum absolute atomic E-state index is 0.284. The van der Waals surface area contributed by atoms with Crippen molar-refractivity contribution >= 4 is 29.2 Å². The van der Waals surface area contributed by atoms with Crippen molar-refractivity contribution in [2.45, 2.75) is 6.18 Å². The van der Waals surface area contributed by atoms with Crippen molar-refractivity contribution in [1.29, 1.82) is 0 Å². The monoisotopic (exact) mass is 303 g/mol. The molecule has 0 bridgehead atoms. The van der Waals surface area contributed by atoms with E-state index in [4.69, 9.17) is 16.7 Å². The molecule has 1 aromatic rings. The Kier molecular flexibility index (Phi) is 3.99. The van der Waals surface area contributed by atoms with Gasteiger partial charge < -0.3 is 10.4 Å². The topological polar surface area (TPSA) is 66.4 Å². The highest BCUT2D eigenvalue weighted by atomic mass is 35.5. The van der Waals surface area contributed by atoms with Crippen molar-refractivity contribution in [3.8, 4) is 0 Å². The van der Waals surface area contributed by atoms with E-state index in [9.17, 15) is 31.5 Å². The van der Waals surface area contributed by atoms with Gasteiger partial charge in [0.1, 0.15) is 0 Å². The largest absolute Gasteiger partial charge is 0.478 e. The average molecular weight is 304 g/mol. The van der Waals surface area contributed by atoms with Crippen molar-refractivity contribution in [3.05, 3.63) is 28.3 Å². The van der Waals surface area contributed by atoms with E-state index >= 15 is 0 Å². The smallest absolute Gasteiger partial charge is 0.471 e. The number of carbonyl (C=O) groups excluding carboxylic acids is 1. The Bertz CT molecular complexity index is 558. The number of halogens is 6. The summed E-state index contributed by atoms with van der Waals surface area (Å²) in [4.78, 5) is 21.2. The second-order valence-corrected chi connectivity index (χ2v) is 3.55. The Hall–Kier alpha value is -1.90. The molecule has 104 valence electrons. The van der Waals surface area contributed by atoms with Crippen LogP contribution in [0.25, 0.3) is 0 Å². The van der Waals surface area contributed by atoms with Gasteiger partial charge in [0.2, 0.25) is 0 Å². The molecule has 0 unspecified atom stereocenters. The molecule has 0 saturated carbocycles. The van der Waals surface area contributed by atoms with Crippen LogP contribution in [0.3, 0.4) is 0 Å². The number of benzene rings is 1. The van der Waals surface area contributed by atoms with Crippen LogP contribution >= 0.6 is 11.6 Å². The lowest BCUT2D eigenvalue weighted by Crippen LogP contribution is -2.30. The van der Waals surface area contributed by atoms with E-state index in [1.54, 1.807) is 0 Å². The Morgan fingerprint density at radius 3 is 2.16 bits per heavy atom. The number of carboxylic acids is 1. The number of aromatic carboxylic acids is 1. The van der Waals surface area contributed by atoms with Crippen LogP contribution in [0.15, 0.2) is 6.07 Å². The predicted octanol–water partition coefficient (Wildman–Crippen LogP) is 2.82. The molecule has 0 radical (unpaired) electrons. The maximum atomic E-state index is 13.2. The highest BCUT2D eigenvalue weighted by Gasteiger charge is 2.39. The average Bonchev–Trinajstić information content (AvgIpc) is 2.28. The molecule has 0 aliphatic heterocycles. The first kappa shape index (κ1) is 15.2. The number of nitrogens with one attached hydrogen (secondary N) is 1. The molecule has 0 aliphatic rings. The van der Waals surface area contributed by atoms with Gasteiger partial charge in [0.05, 0.1) is 16.3 Å². The molecule has 2 N–H and O–H groups in total. The number of amides is 1. The summed E-state index contributed by atoms with van der Waals surface area (Å²) in [6.45, 7) is 0. The molecule has 1 aromatic carbocycles. The van der Waals surface area contributed by atoms with Crippen LogP contribution in [0.2, 0.25) is 5.02 Å². The first-order chi connectivity index (χ1) is 8.55. The lowest BCUT2D eigenvalue weighted by Gasteiger charge is -2.11. The van der Waals surface area contributed by atoms with Crippen molar-refractivity contribution in [2.75, 3.05) is 5.32 Å². The number of carbonyl (C=O) groups is 2. The van der Waals surface area contributed by atoms with Crippen LogP contribution in [0.4, 0.5) is 27.6 Å². The first-order valence-electron chi connectivity index (χ1n) is 4.34. The molecular weight excluding hydrogens is 301 g/mol. The van der Waals surface area contributed by atoms with E-state index in [0.29, 0.717) is 0 Å². The molecule has 0 aliphatic carbocycles. The number of hydrogen-bond donors (Lipinski definition) is 2. The van der Waals surface area contributed by atoms with E-state index in [0.717, 1.165) is 5.32 Å². The maximum Gasteiger partial charge on any atom is 0.471 e. The summed E-state index contributed by atoms with van der Waals surface area (Å²) in [6, 6.07) is 0.284. The van der Waals surface area contributed by atoms with Crippen molar-refractivity contribution < 1.29 is 36.6 Å². The molecule has 19 heavy (non-hydrogen) atoms. The number of alkyl halides is 3. The molecular formula is C9H3ClF5NO3. The van der Waals surface area contributed by atoms with Crippen LogP contribution in [0, 0.1) is 11.6 Å². The second kappa shape index (κ2) is 5.00. The van der Waals surface area contributed by atoms with Gasteiger partial charge in [-0.25, -0.2) is 13.6 Å². The van der Waals surface area contributed by atoms with Gasteiger partial charge in [0.15, 0.2) is 11.6 Å². The van der Waals surface area contributed by atoms with Gasteiger partial charge in [-0.3, -0.25) is 4.79 Å². The summed E-state index contributed by atoms with van der Waals surface area (Å²) >= 11 is 5.16. The van der Waals surface area contributed by atoms with E-state index in [2.05, 4.69) is 0 Å². The zero-order valence-electron chi connectivity index (χ0n) is 8.61. The fourth-order valence-corrected chi connectivity index (χ4v) is 1.26. The van der Waals surface area contributed by atoms with Crippen LogP contribution in [-0.2, 0) is 4.79 Å². The second-order valence-electron chi connectivity index (χ2n) is 3.17. The van der Waals surface area contributed by atoms with Gasteiger partial charge in [0.25, 0.3) is 0 Å². The molecule has 4 nitrogen and oxygen atoms in total. The Labute approximate surface area is 106 Å². The number of carboxylic acid groups (broad SMARTS) is 1. The van der Waals surface area contributed by atoms with E-state index < -0.39 is 46.0 Å². The Morgan fingerprint density at radius 1 is 1.21 bits per heavy atom. The highest BCUT2D eigenvalue weighted by molar-refractivity contribution is 6.33. The molecule has 0 atom stereocenters. The number of rotatable bonds is 2. The minimum Gasteiger partial charge on any atom is -0.478 e. The zero-order valence-corrected chi connectivity index (χ0v) is 9.36. The van der Waals surface area contributed by atoms with Crippen molar-refractivity contribution in [2.24, 2.45) is 0 Å². The lowest BCUT2D eigenvalue weighted by atomic mass is 10.1. The van der Waals surface area contributed by atoms with Gasteiger partial charge in [-0.1, -0.05) is 11.6 Å². The van der Waals surface area contributed by atoms with Crippen LogP contribution in [0.1, 0.15) is 10.4 Å². The van der Waals surface area contributed by atoms with Crippen molar-refractivity contribution in [3.63, 3.8) is 0 Å². The van der Waals surface area contributed by atoms with Crippen molar-refractivity contribution in [1.82, 2.24) is 0 Å². The Morgan fingerprint density at radius 2 is 1.74 bits per heavy atom. The predicted molar refractivity (Wildman–Crippen MR) is 53.0 cm³/mol. The summed E-state index contributed by atoms with van der Waals surface area (Å²) in [5.74, 6) is -8.15. The molecule has 0 heterocycles. The minimum atomic E-state index is -5.34. The maximum absolute atomic E-state index is 13.2. The molecule has 1 amide bonds. The van der Waals surface area contributed by atoms with Gasteiger partial charge in [-0.2, -0.15) is 13.2 Å². The van der Waals surface area contributed by atoms with E-state index in [1.807, 2.05) is 0 Å². The summed E-state index contributed by atoms with van der Waals surface area (Å²) in [5.41, 5.74) is -2.26. The third-order valence-corrected chi connectivity index (χ3v) is 2.25. The third kappa shape index (κ3) is 3.11. The summed E-state index contributed by atoms with van der Waals surface area (Å²) in [7, 11) is 0. The molecule has 0 aromatic heterocycles. The van der Waals surface area contributed by atoms with E-state index in [-0.39, 0.29) is 6.07 Å². The van der Waals surface area contributed by atoms with Gasteiger partial charge in [-0.15, -0.1) is 0 Å². The summed E-state index contributed by atoms with van der Waals surface area (Å²) in [5, 5.41) is 8.49. The van der Waals surface area contributed by atoms with Crippen LogP contribution < -0.4 is 5.32 Å². The van der Waals surface area contributed by atoms with Gasteiger partial charge >= 0.3 is 18.1 Å². The quantitative estimate of drug-likeness (QED) is 0.652. The lowest BCUT2D eigenvalue weighted by molar-refractivity contribution is -0.167. The fourth-order valence-electron chi connectivity index (χ4n) is 1.04. The van der Waals surface area contributed by atoms with Gasteiger partial charge in [-0.05, 0) is 6.07 Å². The SMILES string of the molecule is O=C(O)c1cc(NC(=O)C(F)(F)F)c(F)c(F)c1Cl. The molecule has 10 heteroatoms. The number of hydrogen-bond acceptors (Lipinski definition) is 2. The molecule has 0 saturated heterocycles. The van der Waals surface area contributed by atoms with E-state index in [1.165, 1.54) is 0 Å². The standard InChI is InChI=1S/C9H3ClF5NO3/c10-4-2(7(17)18)1-3(5(11)6(4)12)16-8(19)9(13,14)15/h1H,(H,16,19)(H,17,18). The zero-order chi connectivity index (χ0) is 15.0.